The van der Waals surface area contributed by atoms with Crippen molar-refractivity contribution in [2.75, 3.05) is 5.32 Å². The maximum atomic E-state index is 6.25. The number of aromatic nitrogens is 3. The summed E-state index contributed by atoms with van der Waals surface area (Å²) in [7, 11) is 0. The van der Waals surface area contributed by atoms with Crippen molar-refractivity contribution in [2.45, 2.75) is 33.2 Å². The van der Waals surface area contributed by atoms with Gasteiger partial charge in [-0.05, 0) is 70.0 Å². The lowest BCUT2D eigenvalue weighted by molar-refractivity contribution is 0.629. The summed E-state index contributed by atoms with van der Waals surface area (Å²) in [5.74, 6) is 7.28. The summed E-state index contributed by atoms with van der Waals surface area (Å²) in [6, 6.07) is 17.7. The number of hydrogen-bond donors (Lipinski definition) is 1. The van der Waals surface area contributed by atoms with E-state index in [1.807, 2.05) is 66.1 Å². The predicted molar refractivity (Wildman–Crippen MR) is 124 cm³/mol. The second kappa shape index (κ2) is 7.85. The summed E-state index contributed by atoms with van der Waals surface area (Å²) in [6.45, 7) is 8.33. The van der Waals surface area contributed by atoms with Crippen LogP contribution in [0.5, 0.6) is 0 Å². The molecule has 150 valence electrons. The second-order valence-corrected chi connectivity index (χ2v) is 8.69. The highest BCUT2D eigenvalue weighted by molar-refractivity contribution is 6.30. The first-order valence-electron chi connectivity index (χ1n) is 9.80. The van der Waals surface area contributed by atoms with E-state index in [1.165, 1.54) is 0 Å². The first-order chi connectivity index (χ1) is 14.3. The maximum Gasteiger partial charge on any atom is 0.139 e. The molecule has 3 heterocycles. The van der Waals surface area contributed by atoms with Crippen LogP contribution >= 0.6 is 11.6 Å². The van der Waals surface area contributed by atoms with Crippen LogP contribution in [0.2, 0.25) is 5.02 Å². The summed E-state index contributed by atoms with van der Waals surface area (Å²) in [5, 5.41) is 4.24. The van der Waals surface area contributed by atoms with Crippen molar-refractivity contribution in [1.82, 2.24) is 14.4 Å². The van der Waals surface area contributed by atoms with Gasteiger partial charge in [-0.3, -0.25) is 4.40 Å². The Bertz CT molecular complexity index is 1290. The van der Waals surface area contributed by atoms with Crippen molar-refractivity contribution >= 4 is 23.1 Å². The smallest absolute Gasteiger partial charge is 0.139 e. The van der Waals surface area contributed by atoms with Gasteiger partial charge >= 0.3 is 0 Å². The fraction of sp³-hybridized carbons (Fsp3) is 0.200. The number of nitrogens with zero attached hydrogens (tertiary/aromatic N) is 3. The Hall–Kier alpha value is -3.29. The highest BCUT2D eigenvalue weighted by Crippen LogP contribution is 2.32. The molecule has 4 rings (SSSR count). The van der Waals surface area contributed by atoms with E-state index >= 15 is 0 Å². The van der Waals surface area contributed by atoms with Gasteiger partial charge in [-0.1, -0.05) is 35.7 Å². The highest BCUT2D eigenvalue weighted by atomic mass is 35.5. The lowest BCUT2D eigenvalue weighted by atomic mass is 10.1. The summed E-state index contributed by atoms with van der Waals surface area (Å²) >= 11 is 6.25. The number of anilines is 1. The van der Waals surface area contributed by atoms with Crippen molar-refractivity contribution in [1.29, 1.82) is 0 Å². The van der Waals surface area contributed by atoms with Crippen molar-refractivity contribution in [3.8, 4) is 23.1 Å². The van der Waals surface area contributed by atoms with Crippen LogP contribution in [-0.4, -0.2) is 19.9 Å². The molecular weight excluding hydrogens is 392 g/mol. The number of halogens is 1. The largest absolute Gasteiger partial charge is 0.365 e. The quantitative estimate of drug-likeness (QED) is 0.411. The molecule has 4 aromatic rings. The predicted octanol–water partition coefficient (Wildman–Crippen LogP) is 5.97. The molecule has 0 atom stereocenters. The number of pyridine rings is 2. The Balaban J connectivity index is 1.79. The van der Waals surface area contributed by atoms with E-state index in [0.717, 1.165) is 39.7 Å². The molecule has 0 unspecified atom stereocenters. The van der Waals surface area contributed by atoms with Gasteiger partial charge in [0.25, 0.3) is 0 Å². The summed E-state index contributed by atoms with van der Waals surface area (Å²) in [4.78, 5) is 9.31. The first kappa shape index (κ1) is 20.0. The Morgan fingerprint density at radius 3 is 2.53 bits per heavy atom. The van der Waals surface area contributed by atoms with Gasteiger partial charge < -0.3 is 5.32 Å². The Morgan fingerprint density at radius 2 is 1.77 bits per heavy atom. The zero-order valence-corrected chi connectivity index (χ0v) is 18.2. The third-order valence-corrected chi connectivity index (χ3v) is 4.66. The molecule has 4 nitrogen and oxygen atoms in total. The van der Waals surface area contributed by atoms with Crippen molar-refractivity contribution in [3.63, 3.8) is 0 Å². The highest BCUT2D eigenvalue weighted by Gasteiger charge is 2.19. The third-order valence-electron chi connectivity index (χ3n) is 4.44. The molecule has 0 saturated heterocycles. The van der Waals surface area contributed by atoms with Crippen LogP contribution in [0.1, 0.15) is 37.7 Å². The molecule has 30 heavy (non-hydrogen) atoms. The average molecular weight is 415 g/mol. The van der Waals surface area contributed by atoms with Gasteiger partial charge in [0.05, 0.1) is 5.02 Å². The number of benzene rings is 1. The molecule has 0 radical (unpaired) electrons. The number of aryl methyl sites for hydroxylation is 1. The molecule has 5 heteroatoms. The van der Waals surface area contributed by atoms with Crippen LogP contribution in [0.15, 0.2) is 60.8 Å². The fourth-order valence-corrected chi connectivity index (χ4v) is 3.35. The minimum absolute atomic E-state index is 0.138. The Morgan fingerprint density at radius 1 is 0.967 bits per heavy atom. The SMILES string of the molecule is Cc1cccc(C#Cc2cccc(-c3nc4ccc(Cl)cn4c3NC(C)(C)C)c2)n1. The van der Waals surface area contributed by atoms with Gasteiger partial charge in [-0.25, -0.2) is 9.97 Å². The first-order valence-corrected chi connectivity index (χ1v) is 10.2. The van der Waals surface area contributed by atoms with Gasteiger partial charge in [-0.2, -0.15) is 0 Å². The second-order valence-electron chi connectivity index (χ2n) is 8.25. The zero-order valence-electron chi connectivity index (χ0n) is 17.5. The molecule has 0 spiro atoms. The monoisotopic (exact) mass is 414 g/mol. The molecular formula is C25H23ClN4. The van der Waals surface area contributed by atoms with Crippen LogP contribution in [0, 0.1) is 18.8 Å². The normalized spacial score (nSPS) is 11.2. The van der Waals surface area contributed by atoms with E-state index in [4.69, 9.17) is 16.6 Å². The van der Waals surface area contributed by atoms with E-state index < -0.39 is 0 Å². The van der Waals surface area contributed by atoms with Crippen LogP contribution in [-0.2, 0) is 0 Å². The minimum atomic E-state index is -0.138. The van der Waals surface area contributed by atoms with E-state index in [2.05, 4.69) is 49.0 Å². The molecule has 0 aliphatic heterocycles. The van der Waals surface area contributed by atoms with Gasteiger partial charge in [0.2, 0.25) is 0 Å². The van der Waals surface area contributed by atoms with Crippen LogP contribution in [0.25, 0.3) is 16.9 Å². The number of fused-ring (bicyclic) bond motifs is 1. The number of imidazole rings is 1. The topological polar surface area (TPSA) is 42.2 Å². The minimum Gasteiger partial charge on any atom is -0.365 e. The van der Waals surface area contributed by atoms with Gasteiger partial charge in [-0.15, -0.1) is 0 Å². The molecule has 3 aromatic heterocycles. The average Bonchev–Trinajstić information content (AvgIpc) is 3.03. The van der Waals surface area contributed by atoms with Gasteiger partial charge in [0.15, 0.2) is 0 Å². The van der Waals surface area contributed by atoms with Crippen molar-refractivity contribution in [2.24, 2.45) is 0 Å². The lowest BCUT2D eigenvalue weighted by Gasteiger charge is -2.22. The summed E-state index contributed by atoms with van der Waals surface area (Å²) in [6.07, 6.45) is 1.88. The number of rotatable bonds is 2. The lowest BCUT2D eigenvalue weighted by Crippen LogP contribution is -2.27. The van der Waals surface area contributed by atoms with E-state index in [9.17, 15) is 0 Å². The van der Waals surface area contributed by atoms with E-state index in [0.29, 0.717) is 5.02 Å². The molecule has 0 fully saturated rings. The van der Waals surface area contributed by atoms with Crippen molar-refractivity contribution in [3.05, 3.63) is 82.8 Å². The summed E-state index contributed by atoms with van der Waals surface area (Å²) in [5.41, 5.74) is 5.18. The number of nitrogens with one attached hydrogen (secondary N) is 1. The van der Waals surface area contributed by atoms with Crippen LogP contribution in [0.3, 0.4) is 0 Å². The fourth-order valence-electron chi connectivity index (χ4n) is 3.19. The molecule has 0 amide bonds. The van der Waals surface area contributed by atoms with Gasteiger partial charge in [0, 0.05) is 28.6 Å². The van der Waals surface area contributed by atoms with E-state index in [-0.39, 0.29) is 5.54 Å². The molecule has 0 aliphatic carbocycles. The summed E-state index contributed by atoms with van der Waals surface area (Å²) < 4.78 is 2.00. The molecule has 1 N–H and O–H groups in total. The maximum absolute atomic E-state index is 6.25. The van der Waals surface area contributed by atoms with Crippen LogP contribution < -0.4 is 5.32 Å². The number of hydrogen-bond acceptors (Lipinski definition) is 3. The van der Waals surface area contributed by atoms with Crippen LogP contribution in [0.4, 0.5) is 5.82 Å². The standard InChI is InChI=1S/C25H23ClN4/c1-17-7-5-10-21(27-17)13-11-18-8-6-9-19(15-18)23-24(29-25(2,3)4)30-16-20(26)12-14-22(30)28-23/h5-10,12,14-16,29H,1-4H3. The Labute approximate surface area is 182 Å². The molecule has 0 aliphatic rings. The van der Waals surface area contributed by atoms with Gasteiger partial charge in [0.1, 0.15) is 22.9 Å². The molecule has 0 saturated carbocycles. The van der Waals surface area contributed by atoms with E-state index in [1.54, 1.807) is 0 Å². The Kier molecular flexibility index (Phi) is 5.24. The van der Waals surface area contributed by atoms with Crippen molar-refractivity contribution < 1.29 is 0 Å². The molecule has 1 aromatic carbocycles. The third kappa shape index (κ3) is 4.48. The zero-order chi connectivity index (χ0) is 21.3. The molecule has 0 bridgehead atoms.